The molecule has 0 N–H and O–H groups in total. The number of hydrogen-bond acceptors (Lipinski definition) is 3. The summed E-state index contributed by atoms with van der Waals surface area (Å²) in [7, 11) is 2.22. The first-order chi connectivity index (χ1) is 12.2. The zero-order valence-electron chi connectivity index (χ0n) is 14.8. The van der Waals surface area contributed by atoms with Crippen LogP contribution in [0, 0.1) is 6.92 Å². The molecular weight excluding hydrogens is 308 g/mol. The molecule has 4 nitrogen and oxygen atoms in total. The zero-order chi connectivity index (χ0) is 17.0. The minimum Gasteiger partial charge on any atom is -0.318 e. The Morgan fingerprint density at radius 3 is 3.04 bits per heavy atom. The summed E-state index contributed by atoms with van der Waals surface area (Å²) in [6.45, 7) is 4.26. The molecule has 0 aromatic carbocycles. The van der Waals surface area contributed by atoms with E-state index in [1.165, 1.54) is 45.3 Å². The number of hydrogen-bond donors (Lipinski definition) is 0. The molecule has 0 saturated carbocycles. The van der Waals surface area contributed by atoms with E-state index >= 15 is 0 Å². The second-order valence-corrected chi connectivity index (χ2v) is 7.34. The first-order valence-corrected chi connectivity index (χ1v) is 9.01. The molecule has 0 amide bonds. The summed E-state index contributed by atoms with van der Waals surface area (Å²) in [6.07, 6.45) is 11.6. The highest BCUT2D eigenvalue weighted by atomic mass is 15.1. The standard InChI is InChI=1S/C21H22N4/c1-14-8-18-19-13-24(2)7-3-4-20(19)25(21(18)11-23-14)12-16-9-15-10-22-6-5-17(15)16/h5-6,8,10-12H,3-4,7,9,13H2,1-2H3. The van der Waals surface area contributed by atoms with Gasteiger partial charge in [-0.2, -0.15) is 0 Å². The lowest BCUT2D eigenvalue weighted by Crippen LogP contribution is -2.17. The molecule has 4 heteroatoms. The van der Waals surface area contributed by atoms with Crippen LogP contribution in [0.3, 0.4) is 0 Å². The number of allylic oxidation sites excluding steroid dienone is 1. The van der Waals surface area contributed by atoms with Crippen LogP contribution in [0.5, 0.6) is 0 Å². The third-order valence-corrected chi connectivity index (χ3v) is 5.54. The van der Waals surface area contributed by atoms with Crippen molar-refractivity contribution in [1.82, 2.24) is 19.4 Å². The first kappa shape index (κ1) is 14.8. The van der Waals surface area contributed by atoms with Crippen LogP contribution in [0.15, 0.2) is 30.7 Å². The second-order valence-electron chi connectivity index (χ2n) is 7.34. The molecule has 25 heavy (non-hydrogen) atoms. The number of fused-ring (bicyclic) bond motifs is 4. The van der Waals surface area contributed by atoms with Gasteiger partial charge in [0.2, 0.25) is 0 Å². The van der Waals surface area contributed by atoms with Gasteiger partial charge in [-0.25, -0.2) is 0 Å². The molecule has 3 aromatic heterocycles. The van der Waals surface area contributed by atoms with Crippen LogP contribution in [-0.4, -0.2) is 33.0 Å². The van der Waals surface area contributed by atoms with E-state index in [4.69, 9.17) is 0 Å². The van der Waals surface area contributed by atoms with Gasteiger partial charge in [-0.05, 0) is 67.8 Å². The fraction of sp³-hybridized carbons (Fsp3) is 0.333. The highest BCUT2D eigenvalue weighted by Gasteiger charge is 2.23. The summed E-state index contributed by atoms with van der Waals surface area (Å²) in [5, 5.41) is 1.36. The maximum atomic E-state index is 4.58. The van der Waals surface area contributed by atoms with Crippen molar-refractivity contribution in [3.05, 3.63) is 58.8 Å². The van der Waals surface area contributed by atoms with E-state index < -0.39 is 0 Å². The Bertz CT molecular complexity index is 1010. The van der Waals surface area contributed by atoms with Gasteiger partial charge in [-0.3, -0.25) is 9.97 Å². The zero-order valence-corrected chi connectivity index (χ0v) is 14.8. The highest BCUT2D eigenvalue weighted by Crippen LogP contribution is 2.37. The number of pyridine rings is 2. The van der Waals surface area contributed by atoms with Gasteiger partial charge < -0.3 is 9.47 Å². The molecule has 0 bridgehead atoms. The van der Waals surface area contributed by atoms with Crippen LogP contribution in [0.4, 0.5) is 0 Å². The molecule has 0 atom stereocenters. The Morgan fingerprint density at radius 1 is 1.24 bits per heavy atom. The molecule has 4 heterocycles. The fourth-order valence-electron chi connectivity index (χ4n) is 4.24. The first-order valence-electron chi connectivity index (χ1n) is 9.01. The quantitative estimate of drug-likeness (QED) is 0.683. The molecule has 0 spiro atoms. The monoisotopic (exact) mass is 330 g/mol. The lowest BCUT2D eigenvalue weighted by atomic mass is 9.85. The van der Waals surface area contributed by atoms with Crippen molar-refractivity contribution in [2.24, 2.45) is 0 Å². The van der Waals surface area contributed by atoms with Crippen LogP contribution in [0.2, 0.25) is 0 Å². The Hall–Kier alpha value is -2.46. The van der Waals surface area contributed by atoms with Crippen LogP contribution in [0.1, 0.15) is 34.5 Å². The summed E-state index contributed by atoms with van der Waals surface area (Å²) in [5.41, 5.74) is 9.36. The smallest absolute Gasteiger partial charge is 0.0713 e. The van der Waals surface area contributed by atoms with Gasteiger partial charge in [0.05, 0.1) is 11.7 Å². The largest absolute Gasteiger partial charge is 0.318 e. The summed E-state index contributed by atoms with van der Waals surface area (Å²) < 4.78 is 2.41. The van der Waals surface area contributed by atoms with E-state index in [1.807, 2.05) is 18.6 Å². The molecule has 2 aliphatic rings. The van der Waals surface area contributed by atoms with Crippen molar-refractivity contribution in [3.63, 3.8) is 0 Å². The minimum atomic E-state index is 1.01. The van der Waals surface area contributed by atoms with Crippen molar-refractivity contribution in [3.8, 4) is 0 Å². The van der Waals surface area contributed by atoms with Gasteiger partial charge in [0.15, 0.2) is 0 Å². The molecule has 5 rings (SSSR count). The second kappa shape index (κ2) is 5.53. The van der Waals surface area contributed by atoms with E-state index in [0.29, 0.717) is 0 Å². The molecular formula is C21H22N4. The van der Waals surface area contributed by atoms with E-state index in [-0.39, 0.29) is 0 Å². The maximum Gasteiger partial charge on any atom is 0.0713 e. The summed E-state index contributed by atoms with van der Waals surface area (Å²) in [4.78, 5) is 11.2. The van der Waals surface area contributed by atoms with Crippen molar-refractivity contribution >= 4 is 22.7 Å². The van der Waals surface area contributed by atoms with E-state index in [0.717, 1.165) is 31.6 Å². The van der Waals surface area contributed by atoms with E-state index in [1.54, 1.807) is 0 Å². The van der Waals surface area contributed by atoms with Crippen molar-refractivity contribution in [1.29, 1.82) is 0 Å². The number of aromatic nitrogens is 3. The topological polar surface area (TPSA) is 34.0 Å². The highest BCUT2D eigenvalue weighted by molar-refractivity contribution is 5.92. The average Bonchev–Trinajstić information content (AvgIpc) is 2.73. The van der Waals surface area contributed by atoms with Crippen LogP contribution in [0.25, 0.3) is 22.7 Å². The molecule has 0 fully saturated rings. The number of rotatable bonds is 1. The van der Waals surface area contributed by atoms with Gasteiger partial charge in [0, 0.05) is 48.3 Å². The van der Waals surface area contributed by atoms with Gasteiger partial charge >= 0.3 is 0 Å². The van der Waals surface area contributed by atoms with Crippen molar-refractivity contribution < 1.29 is 0 Å². The molecule has 0 radical (unpaired) electrons. The lowest BCUT2D eigenvalue weighted by molar-refractivity contribution is 0.333. The lowest BCUT2D eigenvalue weighted by Gasteiger charge is -2.22. The number of nitrogens with zero attached hydrogens (tertiary/aromatic N) is 4. The fourth-order valence-corrected chi connectivity index (χ4v) is 4.24. The summed E-state index contributed by atoms with van der Waals surface area (Å²) >= 11 is 0. The predicted molar refractivity (Wildman–Crippen MR) is 101 cm³/mol. The van der Waals surface area contributed by atoms with E-state index in [9.17, 15) is 0 Å². The molecule has 1 aliphatic heterocycles. The molecule has 3 aromatic rings. The SMILES string of the molecule is Cc1cc2c3c(n(C=C4Cc5cnccc54)c2cn1)CCCN(C)C3. The van der Waals surface area contributed by atoms with E-state index in [2.05, 4.69) is 51.7 Å². The predicted octanol–water partition coefficient (Wildman–Crippen LogP) is 3.67. The van der Waals surface area contributed by atoms with Crippen molar-refractivity contribution in [2.45, 2.75) is 32.7 Å². The Balaban J connectivity index is 1.72. The van der Waals surface area contributed by atoms with Crippen LogP contribution >= 0.6 is 0 Å². The Kier molecular flexibility index (Phi) is 3.28. The number of aryl methyl sites for hydroxylation is 1. The summed E-state index contributed by atoms with van der Waals surface area (Å²) in [6, 6.07) is 4.38. The Morgan fingerprint density at radius 2 is 2.16 bits per heavy atom. The van der Waals surface area contributed by atoms with Crippen LogP contribution in [-0.2, 0) is 19.4 Å². The molecule has 0 unspecified atom stereocenters. The van der Waals surface area contributed by atoms with Crippen molar-refractivity contribution in [2.75, 3.05) is 13.6 Å². The van der Waals surface area contributed by atoms with Gasteiger partial charge in [-0.15, -0.1) is 0 Å². The third kappa shape index (κ3) is 2.32. The Labute approximate surface area is 147 Å². The molecule has 0 saturated heterocycles. The molecule has 1 aliphatic carbocycles. The van der Waals surface area contributed by atoms with Crippen LogP contribution < -0.4 is 0 Å². The summed E-state index contributed by atoms with van der Waals surface area (Å²) in [5.74, 6) is 0. The van der Waals surface area contributed by atoms with Gasteiger partial charge in [0.25, 0.3) is 0 Å². The maximum absolute atomic E-state index is 4.58. The molecule has 126 valence electrons. The average molecular weight is 330 g/mol. The van der Waals surface area contributed by atoms with Gasteiger partial charge in [-0.1, -0.05) is 0 Å². The normalized spacial score (nSPS) is 18.7. The van der Waals surface area contributed by atoms with Gasteiger partial charge in [0.1, 0.15) is 0 Å². The third-order valence-electron chi connectivity index (χ3n) is 5.54. The minimum absolute atomic E-state index is 1.01.